The van der Waals surface area contributed by atoms with Crippen LogP contribution in [0.4, 0.5) is 5.69 Å². The molecule has 2 rings (SSSR count). The number of rotatable bonds is 1. The number of anilines is 1. The highest BCUT2D eigenvalue weighted by Gasteiger charge is 2.32. The predicted octanol–water partition coefficient (Wildman–Crippen LogP) is 1.32. The molecule has 6 nitrogen and oxygen atoms in total. The van der Waals surface area contributed by atoms with Gasteiger partial charge < -0.3 is 15.3 Å². The van der Waals surface area contributed by atoms with E-state index in [9.17, 15) is 4.79 Å². The smallest absolute Gasteiger partial charge is 0.274 e. The van der Waals surface area contributed by atoms with Gasteiger partial charge in [0.2, 0.25) is 0 Å². The van der Waals surface area contributed by atoms with E-state index in [-0.39, 0.29) is 17.4 Å². The third kappa shape index (κ3) is 3.47. The summed E-state index contributed by atoms with van der Waals surface area (Å²) in [6.45, 7) is 9.98. The summed E-state index contributed by atoms with van der Waals surface area (Å²) in [6.07, 6.45) is 1.67. The molecular formula is C13H24N4O2. The number of fused-ring (bicyclic) bond motifs is 1. The number of nitrogens with one attached hydrogen (secondary N) is 2. The Balaban J connectivity index is 0.000000861. The van der Waals surface area contributed by atoms with Crippen molar-refractivity contribution in [2.24, 2.45) is 5.41 Å². The highest BCUT2D eigenvalue weighted by atomic mass is 16.2. The molecule has 0 saturated carbocycles. The maximum absolute atomic E-state index is 12.4. The Labute approximate surface area is 114 Å². The van der Waals surface area contributed by atoms with E-state index in [0.717, 1.165) is 25.9 Å². The number of carbonyl (C=O) groups excluding carboxylic acids is 1. The topological polar surface area (TPSA) is 81.2 Å². The normalized spacial score (nSPS) is 17.8. The molecule has 0 saturated heterocycles. The minimum atomic E-state index is 0.0211. The molecule has 0 fully saturated rings. The van der Waals surface area contributed by atoms with Gasteiger partial charge in [-0.05, 0) is 19.3 Å². The van der Waals surface area contributed by atoms with Gasteiger partial charge in [-0.3, -0.25) is 9.89 Å². The first-order valence-electron chi connectivity index (χ1n) is 6.44. The molecule has 0 unspecified atom stereocenters. The maximum atomic E-state index is 12.4. The van der Waals surface area contributed by atoms with Gasteiger partial charge in [0.15, 0.2) is 0 Å². The van der Waals surface area contributed by atoms with Gasteiger partial charge in [-0.15, -0.1) is 0 Å². The summed E-state index contributed by atoms with van der Waals surface area (Å²) in [5.74, 6) is 0.0211. The van der Waals surface area contributed by atoms with Gasteiger partial charge in [0.05, 0.1) is 11.9 Å². The molecule has 0 bridgehead atoms. The number of aromatic nitrogens is 2. The van der Waals surface area contributed by atoms with E-state index in [1.807, 2.05) is 18.7 Å². The number of hydrogen-bond donors (Lipinski definition) is 3. The fraction of sp³-hybridized carbons (Fsp3) is 0.692. The number of aromatic amines is 1. The zero-order chi connectivity index (χ0) is 14.6. The predicted molar refractivity (Wildman–Crippen MR) is 75.2 cm³/mol. The van der Waals surface area contributed by atoms with Gasteiger partial charge in [0.25, 0.3) is 5.91 Å². The van der Waals surface area contributed by atoms with Crippen LogP contribution in [-0.2, 0) is 0 Å². The fourth-order valence-corrected chi connectivity index (χ4v) is 2.07. The lowest BCUT2D eigenvalue weighted by molar-refractivity contribution is 0.0616. The van der Waals surface area contributed by atoms with E-state index in [1.54, 1.807) is 6.20 Å². The number of hydrogen-bond acceptors (Lipinski definition) is 4. The van der Waals surface area contributed by atoms with Gasteiger partial charge in [-0.25, -0.2) is 0 Å². The Morgan fingerprint density at radius 3 is 2.63 bits per heavy atom. The number of nitrogens with zero attached hydrogens (tertiary/aromatic N) is 2. The lowest BCUT2D eigenvalue weighted by Gasteiger charge is -2.37. The first-order valence-corrected chi connectivity index (χ1v) is 6.44. The molecule has 108 valence electrons. The molecule has 1 aliphatic heterocycles. The molecule has 1 aromatic heterocycles. The van der Waals surface area contributed by atoms with Crippen LogP contribution in [-0.4, -0.2) is 52.4 Å². The molecule has 3 N–H and O–H groups in total. The molecule has 1 amide bonds. The molecule has 6 heteroatoms. The number of aliphatic hydroxyl groups excluding tert-OH is 1. The van der Waals surface area contributed by atoms with Crippen molar-refractivity contribution >= 4 is 11.6 Å². The van der Waals surface area contributed by atoms with Crippen molar-refractivity contribution in [2.45, 2.75) is 33.7 Å². The summed E-state index contributed by atoms with van der Waals surface area (Å²) in [5.41, 5.74) is 1.41. The summed E-state index contributed by atoms with van der Waals surface area (Å²) in [7, 11) is 1.00. The molecule has 0 aromatic carbocycles. The van der Waals surface area contributed by atoms with Crippen molar-refractivity contribution in [1.82, 2.24) is 15.1 Å². The van der Waals surface area contributed by atoms with Crippen molar-refractivity contribution in [1.29, 1.82) is 0 Å². The summed E-state index contributed by atoms with van der Waals surface area (Å²) in [5, 5.41) is 17.0. The van der Waals surface area contributed by atoms with Crippen LogP contribution in [0.1, 0.15) is 38.2 Å². The van der Waals surface area contributed by atoms with Gasteiger partial charge >= 0.3 is 0 Å². The van der Waals surface area contributed by atoms with Crippen LogP contribution in [0.5, 0.6) is 0 Å². The van der Waals surface area contributed by atoms with Crippen molar-refractivity contribution < 1.29 is 9.90 Å². The number of H-pyrrole nitrogens is 1. The Morgan fingerprint density at radius 1 is 1.42 bits per heavy atom. The van der Waals surface area contributed by atoms with Crippen LogP contribution in [0.3, 0.4) is 0 Å². The van der Waals surface area contributed by atoms with Crippen LogP contribution in [0.15, 0.2) is 6.20 Å². The average molecular weight is 268 g/mol. The standard InChI is InChI=1S/C12H20N4O.CH4O/c1-8(2)16-7-12(3,4)6-13-9-5-14-15-10(9)11(16)17;1-2/h5,8,13H,6-7H2,1-4H3,(H,14,15);2H,1H3. The Bertz CT molecular complexity index is 426. The summed E-state index contributed by atoms with van der Waals surface area (Å²) in [4.78, 5) is 14.3. The molecular weight excluding hydrogens is 244 g/mol. The average Bonchev–Trinajstić information content (AvgIpc) is 2.82. The van der Waals surface area contributed by atoms with Gasteiger partial charge in [0, 0.05) is 26.2 Å². The second kappa shape index (κ2) is 6.06. The van der Waals surface area contributed by atoms with E-state index in [4.69, 9.17) is 5.11 Å². The molecule has 1 aromatic rings. The first-order chi connectivity index (χ1) is 8.91. The quantitative estimate of drug-likeness (QED) is 0.717. The molecule has 0 atom stereocenters. The number of aliphatic hydroxyl groups is 1. The van der Waals surface area contributed by atoms with Crippen LogP contribution in [0.25, 0.3) is 0 Å². The van der Waals surface area contributed by atoms with Gasteiger partial charge in [0.1, 0.15) is 5.69 Å². The van der Waals surface area contributed by atoms with Crippen molar-refractivity contribution in [3.63, 3.8) is 0 Å². The summed E-state index contributed by atoms with van der Waals surface area (Å²) >= 11 is 0. The second-order valence-corrected chi connectivity index (χ2v) is 5.70. The van der Waals surface area contributed by atoms with E-state index in [2.05, 4.69) is 29.4 Å². The first kappa shape index (κ1) is 15.5. The highest BCUT2D eigenvalue weighted by molar-refractivity contribution is 5.98. The lowest BCUT2D eigenvalue weighted by atomic mass is 9.91. The third-order valence-electron chi connectivity index (χ3n) is 3.09. The van der Waals surface area contributed by atoms with Crippen LogP contribution < -0.4 is 5.32 Å². The largest absolute Gasteiger partial charge is 0.400 e. The highest BCUT2D eigenvalue weighted by Crippen LogP contribution is 2.26. The van der Waals surface area contributed by atoms with Crippen LogP contribution >= 0.6 is 0 Å². The van der Waals surface area contributed by atoms with E-state index in [0.29, 0.717) is 5.69 Å². The van der Waals surface area contributed by atoms with Gasteiger partial charge in [-0.2, -0.15) is 5.10 Å². The third-order valence-corrected chi connectivity index (χ3v) is 3.09. The minimum absolute atomic E-state index is 0.0211. The second-order valence-electron chi connectivity index (χ2n) is 5.70. The number of amides is 1. The van der Waals surface area contributed by atoms with Crippen LogP contribution in [0, 0.1) is 5.41 Å². The zero-order valence-corrected chi connectivity index (χ0v) is 12.3. The van der Waals surface area contributed by atoms with Crippen molar-refractivity contribution in [3.05, 3.63) is 11.9 Å². The maximum Gasteiger partial charge on any atom is 0.274 e. The Hall–Kier alpha value is -1.56. The SMILES string of the molecule is CC(C)N1CC(C)(C)CNc2cn[nH]c2C1=O.CO. The number of carbonyl (C=O) groups is 1. The zero-order valence-electron chi connectivity index (χ0n) is 12.3. The molecule has 2 heterocycles. The summed E-state index contributed by atoms with van der Waals surface area (Å²) < 4.78 is 0. The molecule has 1 aliphatic rings. The van der Waals surface area contributed by atoms with E-state index in [1.165, 1.54) is 0 Å². The monoisotopic (exact) mass is 268 g/mol. The van der Waals surface area contributed by atoms with Crippen molar-refractivity contribution in [2.75, 3.05) is 25.5 Å². The minimum Gasteiger partial charge on any atom is -0.400 e. The molecule has 19 heavy (non-hydrogen) atoms. The Kier molecular flexibility index (Phi) is 4.94. The summed E-state index contributed by atoms with van der Waals surface area (Å²) in [6, 6.07) is 0.191. The van der Waals surface area contributed by atoms with Crippen LogP contribution in [0.2, 0.25) is 0 Å². The lowest BCUT2D eigenvalue weighted by Crippen LogP contribution is -2.47. The molecule has 0 radical (unpaired) electrons. The van der Waals surface area contributed by atoms with E-state index < -0.39 is 0 Å². The molecule has 0 aliphatic carbocycles. The Morgan fingerprint density at radius 2 is 2.05 bits per heavy atom. The van der Waals surface area contributed by atoms with E-state index >= 15 is 0 Å². The van der Waals surface area contributed by atoms with Crippen molar-refractivity contribution in [3.8, 4) is 0 Å². The van der Waals surface area contributed by atoms with Gasteiger partial charge in [-0.1, -0.05) is 13.8 Å². The fourth-order valence-electron chi connectivity index (χ4n) is 2.07. The molecule has 0 spiro atoms.